The third-order valence-corrected chi connectivity index (χ3v) is 8.89. The van der Waals surface area contributed by atoms with Gasteiger partial charge in [-0.3, -0.25) is 0 Å². The van der Waals surface area contributed by atoms with Gasteiger partial charge in [0.25, 0.3) is 0 Å². The van der Waals surface area contributed by atoms with Gasteiger partial charge in [-0.1, -0.05) is 54.1 Å². The Labute approximate surface area is 233 Å². The highest BCUT2D eigenvalue weighted by Gasteiger charge is 2.77. The van der Waals surface area contributed by atoms with Crippen molar-refractivity contribution in [1.29, 1.82) is 5.26 Å². The van der Waals surface area contributed by atoms with Gasteiger partial charge in [-0.15, -0.1) is 0 Å². The van der Waals surface area contributed by atoms with Crippen LogP contribution in [0.5, 0.6) is 11.6 Å². The maximum atomic E-state index is 12.9. The maximum Gasteiger partial charge on any atom is 0.224 e. The van der Waals surface area contributed by atoms with Crippen molar-refractivity contribution in [3.63, 3.8) is 0 Å². The average molecular weight is 547 g/mol. The van der Waals surface area contributed by atoms with Gasteiger partial charge in [-0.2, -0.15) is 5.26 Å². The van der Waals surface area contributed by atoms with Crippen LogP contribution in [0, 0.1) is 17.2 Å². The second-order valence-electron chi connectivity index (χ2n) is 10.7. The predicted molar refractivity (Wildman–Crippen MR) is 146 cm³/mol. The van der Waals surface area contributed by atoms with E-state index in [2.05, 4.69) is 27.9 Å². The van der Waals surface area contributed by atoms with Gasteiger partial charge in [-0.05, 0) is 30.3 Å². The molecule has 1 aliphatic carbocycles. The molecule has 2 N–H and O–H groups in total. The van der Waals surface area contributed by atoms with Crippen LogP contribution in [0.15, 0.2) is 60.7 Å². The summed E-state index contributed by atoms with van der Waals surface area (Å²) in [6.07, 6.45) is -1.23. The normalized spacial score (nSPS) is 30.3. The summed E-state index contributed by atoms with van der Waals surface area (Å²) in [5.74, 6) is -0.425. The number of rotatable bonds is 5. The van der Waals surface area contributed by atoms with Crippen molar-refractivity contribution in [3.05, 3.63) is 88.1 Å². The van der Waals surface area contributed by atoms with Gasteiger partial charge < -0.3 is 29.5 Å². The number of methoxy groups -OCH3 is 1. The Balaban J connectivity index is 1.60. The quantitative estimate of drug-likeness (QED) is 0.471. The molecule has 6 rings (SSSR count). The number of nitrogens with zero attached hydrogens (tertiary/aromatic N) is 4. The highest BCUT2D eigenvalue weighted by atomic mass is 35.5. The van der Waals surface area contributed by atoms with Crippen molar-refractivity contribution in [2.75, 3.05) is 46.9 Å². The van der Waals surface area contributed by atoms with Crippen molar-refractivity contribution in [1.82, 2.24) is 14.8 Å². The largest absolute Gasteiger partial charge is 0.481 e. The molecule has 3 heterocycles. The first-order chi connectivity index (χ1) is 18.8. The molecule has 1 saturated heterocycles. The third-order valence-electron chi connectivity index (χ3n) is 8.70. The summed E-state index contributed by atoms with van der Waals surface area (Å²) in [7, 11) is 3.57. The number of hydrogen-bond acceptors (Lipinski definition) is 8. The number of piperazine rings is 1. The summed E-state index contributed by atoms with van der Waals surface area (Å²) in [6, 6.07) is 20.6. The van der Waals surface area contributed by atoms with E-state index in [-0.39, 0.29) is 16.6 Å². The fourth-order valence-electron chi connectivity index (χ4n) is 6.88. The highest BCUT2D eigenvalue weighted by molar-refractivity contribution is 6.29. The average Bonchev–Trinajstić information content (AvgIpc) is 3.32. The van der Waals surface area contributed by atoms with Gasteiger partial charge in [0, 0.05) is 50.6 Å². The number of halogens is 1. The van der Waals surface area contributed by atoms with Crippen LogP contribution in [-0.4, -0.2) is 78.0 Å². The molecule has 0 radical (unpaired) electrons. The Hall–Kier alpha value is -3.19. The zero-order valence-electron chi connectivity index (χ0n) is 21.9. The Morgan fingerprint density at radius 2 is 1.82 bits per heavy atom. The molecule has 2 fully saturated rings. The van der Waals surface area contributed by atoms with Crippen LogP contribution in [0.1, 0.15) is 28.2 Å². The first-order valence-electron chi connectivity index (χ1n) is 13.1. The summed E-state index contributed by atoms with van der Waals surface area (Å²) in [6.45, 7) is 4.15. The van der Waals surface area contributed by atoms with Crippen LogP contribution < -0.4 is 9.47 Å². The molecule has 3 aliphatic rings. The number of aliphatic hydroxyl groups excluding tert-OH is 1. The van der Waals surface area contributed by atoms with Crippen LogP contribution >= 0.6 is 11.6 Å². The molecule has 0 unspecified atom stereocenters. The Bertz CT molecular complexity index is 1410. The Morgan fingerprint density at radius 3 is 2.46 bits per heavy atom. The van der Waals surface area contributed by atoms with Crippen LogP contribution in [0.3, 0.4) is 0 Å². The van der Waals surface area contributed by atoms with Gasteiger partial charge in [-0.25, -0.2) is 4.98 Å². The number of likely N-dealkylation sites (N-methyl/N-ethyl adjacent to an activating group) is 1. The summed E-state index contributed by atoms with van der Waals surface area (Å²) < 4.78 is 12.5. The highest BCUT2D eigenvalue weighted by Crippen LogP contribution is 2.69. The van der Waals surface area contributed by atoms with E-state index in [0.717, 1.165) is 31.7 Å². The molecular weight excluding hydrogens is 516 g/mol. The van der Waals surface area contributed by atoms with Crippen LogP contribution in [0.2, 0.25) is 5.15 Å². The van der Waals surface area contributed by atoms with Crippen molar-refractivity contribution < 1.29 is 19.7 Å². The second kappa shape index (κ2) is 9.77. The summed E-state index contributed by atoms with van der Waals surface area (Å²) in [5.41, 5.74) is -1.01. The fraction of sp³-hybridized carbons (Fsp3) is 0.400. The van der Waals surface area contributed by atoms with Crippen molar-refractivity contribution in [3.8, 4) is 17.7 Å². The molecule has 5 atom stereocenters. The van der Waals surface area contributed by atoms with Gasteiger partial charge in [0.2, 0.25) is 5.88 Å². The van der Waals surface area contributed by atoms with E-state index < -0.39 is 29.1 Å². The zero-order valence-corrected chi connectivity index (χ0v) is 22.7. The molecule has 0 amide bonds. The summed E-state index contributed by atoms with van der Waals surface area (Å²) >= 11 is 6.34. The molecule has 0 spiro atoms. The van der Waals surface area contributed by atoms with Gasteiger partial charge in [0.15, 0.2) is 11.2 Å². The predicted octanol–water partition coefficient (Wildman–Crippen LogP) is 3.11. The zero-order chi connectivity index (χ0) is 27.4. The first-order valence-corrected chi connectivity index (χ1v) is 13.5. The minimum Gasteiger partial charge on any atom is -0.481 e. The van der Waals surface area contributed by atoms with Gasteiger partial charge in [0.1, 0.15) is 10.9 Å². The summed E-state index contributed by atoms with van der Waals surface area (Å²) in [4.78, 5) is 8.97. The van der Waals surface area contributed by atoms with E-state index in [4.69, 9.17) is 21.1 Å². The van der Waals surface area contributed by atoms with Gasteiger partial charge >= 0.3 is 0 Å². The lowest BCUT2D eigenvalue weighted by atomic mass is 9.70. The van der Waals surface area contributed by atoms with Crippen molar-refractivity contribution in [2.24, 2.45) is 5.92 Å². The summed E-state index contributed by atoms with van der Waals surface area (Å²) in [5, 5.41) is 34.8. The molecule has 3 aromatic rings. The Morgan fingerprint density at radius 1 is 1.13 bits per heavy atom. The van der Waals surface area contributed by atoms with E-state index in [0.29, 0.717) is 23.4 Å². The lowest BCUT2D eigenvalue weighted by Crippen LogP contribution is -2.52. The molecular formula is C30H31ClN4O4. The van der Waals surface area contributed by atoms with E-state index >= 15 is 0 Å². The molecule has 39 heavy (non-hydrogen) atoms. The molecule has 9 heteroatoms. The first kappa shape index (κ1) is 26.1. The maximum absolute atomic E-state index is 12.9. The minimum atomic E-state index is -1.92. The molecule has 0 bridgehead atoms. The van der Waals surface area contributed by atoms with Crippen molar-refractivity contribution in [2.45, 2.75) is 23.2 Å². The lowest BCUT2D eigenvalue weighted by Gasteiger charge is -2.41. The minimum absolute atomic E-state index is 0.113. The lowest BCUT2D eigenvalue weighted by molar-refractivity contribution is -0.152. The molecule has 2 aliphatic heterocycles. The molecule has 2 aromatic carbocycles. The SMILES string of the molecule is COc1nc(Cl)cc2c1[C@]1(O)[C@H](O)[C@H](CN3CCN(C)CC3)[C@@H](c3ccccc3)[C@]1(c1ccc(C#N)cc1)O2. The standard InChI is InChI=1S/C30H31ClN4O4/c1-34-12-14-35(15-13-34)18-22-25(20-6-4-3-5-7-20)30(21-10-8-19(17-32)9-11-21)29(37,27(22)36)26-23(39-30)16-24(31)33-28(26)38-2/h3-11,16,22,25,27,36-37H,12-15,18H2,1-2H3/t22-,25-,27-,29+,30+/m1/s1. The number of nitriles is 1. The number of aliphatic hydroxyl groups is 2. The van der Waals surface area contributed by atoms with E-state index in [9.17, 15) is 15.5 Å². The van der Waals surface area contributed by atoms with Crippen LogP contribution in [-0.2, 0) is 11.2 Å². The monoisotopic (exact) mass is 546 g/mol. The number of fused-ring (bicyclic) bond motifs is 3. The second-order valence-corrected chi connectivity index (χ2v) is 11.1. The Kier molecular flexibility index (Phi) is 6.53. The number of benzene rings is 2. The third kappa shape index (κ3) is 3.84. The van der Waals surface area contributed by atoms with Crippen LogP contribution in [0.25, 0.3) is 0 Å². The smallest absolute Gasteiger partial charge is 0.224 e. The number of ether oxygens (including phenoxy) is 2. The number of pyridine rings is 1. The number of aromatic nitrogens is 1. The van der Waals surface area contributed by atoms with E-state index in [1.165, 1.54) is 7.11 Å². The van der Waals surface area contributed by atoms with Gasteiger partial charge in [0.05, 0.1) is 30.4 Å². The topological polar surface area (TPSA) is 102 Å². The molecule has 1 saturated carbocycles. The fourth-order valence-corrected chi connectivity index (χ4v) is 7.05. The van der Waals surface area contributed by atoms with Crippen molar-refractivity contribution >= 4 is 11.6 Å². The van der Waals surface area contributed by atoms with E-state index in [1.54, 1.807) is 30.3 Å². The van der Waals surface area contributed by atoms with Crippen LogP contribution in [0.4, 0.5) is 0 Å². The molecule has 202 valence electrons. The number of hydrogen-bond donors (Lipinski definition) is 2. The van der Waals surface area contributed by atoms with E-state index in [1.807, 2.05) is 30.3 Å². The molecule has 1 aromatic heterocycles. The molecule has 8 nitrogen and oxygen atoms in total.